The molecule has 0 saturated heterocycles. The van der Waals surface area contributed by atoms with Crippen LogP contribution in [0.5, 0.6) is 5.75 Å². The fourth-order valence-corrected chi connectivity index (χ4v) is 2.15. The number of phenols is 1. The predicted octanol–water partition coefficient (Wildman–Crippen LogP) is 4.26. The molecule has 1 rings (SSSR count). The molecule has 130 valence electrons. The smallest absolute Gasteiger partial charge is 0.298 e. The largest absolute Gasteiger partial charge is 0.515 e. The van der Waals surface area contributed by atoms with Crippen molar-refractivity contribution in [3.8, 4) is 5.75 Å². The van der Waals surface area contributed by atoms with Crippen LogP contribution in [0.2, 0.25) is 5.02 Å². The van der Waals surface area contributed by atoms with Gasteiger partial charge in [-0.05, 0) is 36.8 Å². The van der Waals surface area contributed by atoms with Crippen molar-refractivity contribution in [3.63, 3.8) is 0 Å². The second kappa shape index (κ2) is 9.95. The summed E-state index contributed by atoms with van der Waals surface area (Å²) in [5, 5.41) is 19.2. The van der Waals surface area contributed by atoms with E-state index in [1.807, 2.05) is 0 Å². The fourth-order valence-electron chi connectivity index (χ4n) is 1.97. The van der Waals surface area contributed by atoms with Crippen LogP contribution < -0.4 is 0 Å². The number of phenolic OH excluding ortho intramolecular Hbond substituents is 1. The van der Waals surface area contributed by atoms with Gasteiger partial charge in [-0.2, -0.15) is 0 Å². The first-order valence-corrected chi connectivity index (χ1v) is 7.49. The fraction of sp³-hybridized carbons (Fsp3) is 0.0526. The minimum absolute atomic E-state index is 0.00339. The molecule has 0 atom stereocenters. The van der Waals surface area contributed by atoms with E-state index in [-0.39, 0.29) is 29.1 Å². The molecule has 0 aromatic heterocycles. The van der Waals surface area contributed by atoms with E-state index in [9.17, 15) is 14.7 Å². The topological polar surface area (TPSA) is 83.8 Å². The molecule has 5 nitrogen and oxygen atoms in total. The van der Waals surface area contributed by atoms with Crippen LogP contribution in [-0.2, 0) is 14.3 Å². The Morgan fingerprint density at radius 3 is 2.56 bits per heavy atom. The summed E-state index contributed by atoms with van der Waals surface area (Å²) >= 11 is 5.90. The van der Waals surface area contributed by atoms with Gasteiger partial charge in [0, 0.05) is 27.8 Å². The van der Waals surface area contributed by atoms with Crippen LogP contribution in [-0.4, -0.2) is 23.0 Å². The molecule has 0 fully saturated rings. The van der Waals surface area contributed by atoms with E-state index >= 15 is 0 Å². The molecule has 2 N–H and O–H groups in total. The molecule has 0 saturated carbocycles. The number of hydrogen-bond acceptors (Lipinski definition) is 5. The normalized spacial score (nSPS) is 13.0. The van der Waals surface area contributed by atoms with Gasteiger partial charge in [-0.3, -0.25) is 9.59 Å². The lowest BCUT2D eigenvalue weighted by Crippen LogP contribution is -1.99. The first-order valence-electron chi connectivity index (χ1n) is 7.11. The number of aldehydes is 1. The van der Waals surface area contributed by atoms with Gasteiger partial charge in [0.15, 0.2) is 6.29 Å². The number of aromatic hydroxyl groups is 1. The van der Waals surface area contributed by atoms with E-state index in [1.165, 1.54) is 24.3 Å². The van der Waals surface area contributed by atoms with E-state index < -0.39 is 0 Å². The number of halogens is 1. The molecule has 1 aromatic rings. The van der Waals surface area contributed by atoms with E-state index in [0.29, 0.717) is 28.7 Å². The Bertz CT molecular complexity index is 785. The molecule has 0 bridgehead atoms. The first kappa shape index (κ1) is 20.0. The maximum Gasteiger partial charge on any atom is 0.298 e. The summed E-state index contributed by atoms with van der Waals surface area (Å²) in [6.07, 6.45) is 7.01. The average molecular weight is 361 g/mol. The van der Waals surface area contributed by atoms with Gasteiger partial charge in [-0.15, -0.1) is 0 Å². The van der Waals surface area contributed by atoms with Gasteiger partial charge in [0.1, 0.15) is 11.5 Å². The van der Waals surface area contributed by atoms with Gasteiger partial charge in [-0.1, -0.05) is 30.3 Å². The average Bonchev–Trinajstić information content (AvgIpc) is 2.59. The zero-order valence-electron chi connectivity index (χ0n) is 13.5. The second-order valence-corrected chi connectivity index (χ2v) is 5.14. The zero-order valence-corrected chi connectivity index (χ0v) is 14.2. The van der Waals surface area contributed by atoms with E-state index in [2.05, 4.69) is 6.58 Å². The summed E-state index contributed by atoms with van der Waals surface area (Å²) in [4.78, 5) is 22.2. The Morgan fingerprint density at radius 1 is 1.28 bits per heavy atom. The van der Waals surface area contributed by atoms with Crippen LogP contribution in [0.1, 0.15) is 12.5 Å². The number of carbonyl (C=O) groups is 2. The van der Waals surface area contributed by atoms with Crippen LogP contribution in [0.3, 0.4) is 0 Å². The highest BCUT2D eigenvalue weighted by atomic mass is 35.5. The molecule has 6 heteroatoms. The van der Waals surface area contributed by atoms with Crippen molar-refractivity contribution in [1.29, 1.82) is 0 Å². The van der Waals surface area contributed by atoms with Crippen molar-refractivity contribution in [2.24, 2.45) is 0 Å². The highest BCUT2D eigenvalue weighted by Crippen LogP contribution is 2.28. The van der Waals surface area contributed by atoms with Gasteiger partial charge in [0.05, 0.1) is 6.26 Å². The lowest BCUT2D eigenvalue weighted by atomic mass is 9.96. The van der Waals surface area contributed by atoms with Gasteiger partial charge in [0.2, 0.25) is 0 Å². The SMILES string of the molecule is C=C(/C(C=O)=C/c1cc(Cl)ccc1O)C(/C=C\C)=C(/C=C/O)OC=O. The van der Waals surface area contributed by atoms with Crippen molar-refractivity contribution in [1.82, 2.24) is 0 Å². The monoisotopic (exact) mass is 360 g/mol. The van der Waals surface area contributed by atoms with E-state index in [4.69, 9.17) is 21.4 Å². The number of aliphatic hydroxyl groups excluding tert-OH is 1. The summed E-state index contributed by atoms with van der Waals surface area (Å²) in [5.41, 5.74) is 0.984. The highest BCUT2D eigenvalue weighted by Gasteiger charge is 2.13. The van der Waals surface area contributed by atoms with Gasteiger partial charge >= 0.3 is 0 Å². The molecule has 0 unspecified atom stereocenters. The summed E-state index contributed by atoms with van der Waals surface area (Å²) in [6, 6.07) is 4.40. The van der Waals surface area contributed by atoms with Crippen molar-refractivity contribution in [3.05, 3.63) is 82.3 Å². The van der Waals surface area contributed by atoms with Crippen LogP contribution in [0.15, 0.2) is 71.7 Å². The third-order valence-corrected chi connectivity index (χ3v) is 3.34. The van der Waals surface area contributed by atoms with Crippen LogP contribution in [0, 0.1) is 0 Å². The van der Waals surface area contributed by atoms with Crippen LogP contribution >= 0.6 is 11.6 Å². The number of rotatable bonds is 8. The Morgan fingerprint density at radius 2 is 2.00 bits per heavy atom. The third kappa shape index (κ3) is 5.51. The third-order valence-electron chi connectivity index (χ3n) is 3.10. The lowest BCUT2D eigenvalue weighted by Gasteiger charge is -2.11. The quantitative estimate of drug-likeness (QED) is 0.313. The molecule has 0 amide bonds. The number of carbonyl (C=O) groups excluding carboxylic acids is 2. The number of allylic oxidation sites excluding steroid dienone is 6. The van der Waals surface area contributed by atoms with Crippen molar-refractivity contribution in [2.75, 3.05) is 0 Å². The summed E-state index contributed by atoms with van der Waals surface area (Å²) in [6.45, 7) is 5.76. The van der Waals surface area contributed by atoms with Gasteiger partial charge in [0.25, 0.3) is 6.47 Å². The maximum absolute atomic E-state index is 11.5. The molecule has 0 aliphatic rings. The van der Waals surface area contributed by atoms with Crippen molar-refractivity contribution >= 4 is 30.4 Å². The first-order chi connectivity index (χ1) is 12.0. The van der Waals surface area contributed by atoms with Gasteiger partial charge < -0.3 is 14.9 Å². The number of ether oxygens (including phenoxy) is 1. The maximum atomic E-state index is 11.5. The Kier molecular flexibility index (Phi) is 7.96. The summed E-state index contributed by atoms with van der Waals surface area (Å²) in [7, 11) is 0. The van der Waals surface area contributed by atoms with Crippen molar-refractivity contribution in [2.45, 2.75) is 6.92 Å². The second-order valence-electron chi connectivity index (χ2n) is 4.71. The van der Waals surface area contributed by atoms with Crippen LogP contribution in [0.4, 0.5) is 0 Å². The summed E-state index contributed by atoms with van der Waals surface area (Å²) < 4.78 is 4.83. The number of benzene rings is 1. The molecule has 1 aromatic carbocycles. The molecule has 0 aliphatic carbocycles. The Balaban J connectivity index is 3.49. The molecule has 25 heavy (non-hydrogen) atoms. The molecule has 0 heterocycles. The molecular formula is C19H17ClO5. The predicted molar refractivity (Wildman–Crippen MR) is 97.1 cm³/mol. The van der Waals surface area contributed by atoms with Crippen molar-refractivity contribution < 1.29 is 24.5 Å². The molecule has 0 aliphatic heterocycles. The van der Waals surface area contributed by atoms with Gasteiger partial charge in [-0.25, -0.2) is 0 Å². The standard InChI is InChI=1S/C19H17ClO5/c1-3-4-17(19(7-8-21)25-12-23)13(2)15(11-22)9-14-10-16(20)5-6-18(14)24/h3-12,21,24H,2H2,1H3/b4-3-,8-7+,15-9+,19-17-. The molecule has 0 radical (unpaired) electrons. The van der Waals surface area contributed by atoms with Crippen LogP contribution in [0.25, 0.3) is 6.08 Å². The minimum Gasteiger partial charge on any atom is -0.515 e. The molecular weight excluding hydrogens is 344 g/mol. The molecule has 0 spiro atoms. The van der Waals surface area contributed by atoms with E-state index in [0.717, 1.165) is 6.08 Å². The Labute approximate surface area is 150 Å². The summed E-state index contributed by atoms with van der Waals surface area (Å²) in [5.74, 6) is -0.0589. The number of aliphatic hydroxyl groups is 1. The highest BCUT2D eigenvalue weighted by molar-refractivity contribution is 6.30. The lowest BCUT2D eigenvalue weighted by molar-refractivity contribution is -0.124. The zero-order chi connectivity index (χ0) is 18.8. The van der Waals surface area contributed by atoms with E-state index in [1.54, 1.807) is 19.1 Å². The Hall–Kier alpha value is -3.05. The number of hydrogen-bond donors (Lipinski definition) is 2. The minimum atomic E-state index is -0.0623.